The standard InChI is InChI=1S/C17H25N3O4S/c1-11(2)16-18-14(10-25-16)17(24)19-7-4-5-13(6-8-19)20(12(3)21)9-15(22)23/h10-11,13H,4-9H2,1-3H3,(H,22,23)/t13-/m1/s1. The van der Waals surface area contributed by atoms with E-state index in [-0.39, 0.29) is 24.4 Å². The van der Waals surface area contributed by atoms with Crippen LogP contribution < -0.4 is 0 Å². The Morgan fingerprint density at radius 1 is 1.36 bits per heavy atom. The van der Waals surface area contributed by atoms with E-state index in [4.69, 9.17) is 5.11 Å². The molecule has 1 aromatic heterocycles. The molecule has 8 heteroatoms. The van der Waals surface area contributed by atoms with Crippen molar-refractivity contribution in [3.8, 4) is 0 Å². The van der Waals surface area contributed by atoms with Crippen molar-refractivity contribution in [3.63, 3.8) is 0 Å². The van der Waals surface area contributed by atoms with Gasteiger partial charge in [0.2, 0.25) is 5.91 Å². The molecule has 0 radical (unpaired) electrons. The van der Waals surface area contributed by atoms with Gasteiger partial charge < -0.3 is 14.9 Å². The van der Waals surface area contributed by atoms with Gasteiger partial charge in [0, 0.05) is 37.4 Å². The maximum atomic E-state index is 12.7. The number of hydrogen-bond acceptors (Lipinski definition) is 5. The van der Waals surface area contributed by atoms with Crippen LogP contribution in [0, 0.1) is 0 Å². The minimum absolute atomic E-state index is 0.0867. The molecule has 1 fully saturated rings. The van der Waals surface area contributed by atoms with Crippen molar-refractivity contribution in [1.29, 1.82) is 0 Å². The Morgan fingerprint density at radius 3 is 2.64 bits per heavy atom. The lowest BCUT2D eigenvalue weighted by atomic mass is 10.1. The Morgan fingerprint density at radius 2 is 2.08 bits per heavy atom. The third-order valence-electron chi connectivity index (χ3n) is 4.37. The third-order valence-corrected chi connectivity index (χ3v) is 5.52. The monoisotopic (exact) mass is 367 g/mol. The molecule has 0 bridgehead atoms. The van der Waals surface area contributed by atoms with Crippen LogP contribution in [0.3, 0.4) is 0 Å². The maximum Gasteiger partial charge on any atom is 0.323 e. The van der Waals surface area contributed by atoms with E-state index >= 15 is 0 Å². The molecule has 0 aromatic carbocycles. The number of hydrogen-bond donors (Lipinski definition) is 1. The maximum absolute atomic E-state index is 12.7. The van der Waals surface area contributed by atoms with E-state index in [1.807, 2.05) is 13.8 Å². The van der Waals surface area contributed by atoms with Gasteiger partial charge in [0.25, 0.3) is 5.91 Å². The van der Waals surface area contributed by atoms with Crippen LogP contribution in [0.4, 0.5) is 0 Å². The highest BCUT2D eigenvalue weighted by Gasteiger charge is 2.28. The fraction of sp³-hybridized carbons (Fsp3) is 0.647. The molecule has 1 aliphatic rings. The topological polar surface area (TPSA) is 90.8 Å². The summed E-state index contributed by atoms with van der Waals surface area (Å²) in [5, 5.41) is 11.7. The normalized spacial score (nSPS) is 18.1. The average molecular weight is 367 g/mol. The van der Waals surface area contributed by atoms with Crippen LogP contribution in [0.15, 0.2) is 5.38 Å². The molecule has 25 heavy (non-hydrogen) atoms. The molecule has 0 spiro atoms. The average Bonchev–Trinajstić information content (AvgIpc) is 2.91. The number of carboxylic acids is 1. The first-order valence-electron chi connectivity index (χ1n) is 8.53. The summed E-state index contributed by atoms with van der Waals surface area (Å²) >= 11 is 1.49. The fourth-order valence-corrected chi connectivity index (χ4v) is 3.86. The van der Waals surface area contributed by atoms with Crippen molar-refractivity contribution < 1.29 is 19.5 Å². The van der Waals surface area contributed by atoms with Gasteiger partial charge in [-0.1, -0.05) is 13.8 Å². The lowest BCUT2D eigenvalue weighted by Gasteiger charge is -2.28. The second-order valence-corrected chi connectivity index (χ2v) is 7.53. The molecule has 2 heterocycles. The van der Waals surface area contributed by atoms with Gasteiger partial charge in [-0.15, -0.1) is 11.3 Å². The van der Waals surface area contributed by atoms with Crippen molar-refractivity contribution in [3.05, 3.63) is 16.1 Å². The molecular weight excluding hydrogens is 342 g/mol. The van der Waals surface area contributed by atoms with Crippen LogP contribution in [0.1, 0.15) is 61.4 Å². The molecule has 0 saturated carbocycles. The number of aliphatic carboxylic acids is 1. The van der Waals surface area contributed by atoms with Gasteiger partial charge in [-0.2, -0.15) is 0 Å². The van der Waals surface area contributed by atoms with Gasteiger partial charge in [0.05, 0.1) is 5.01 Å². The molecule has 1 saturated heterocycles. The van der Waals surface area contributed by atoms with Crippen molar-refractivity contribution in [2.45, 2.75) is 52.0 Å². The molecule has 2 rings (SSSR count). The molecule has 0 unspecified atom stereocenters. The van der Waals surface area contributed by atoms with Gasteiger partial charge >= 0.3 is 5.97 Å². The molecule has 7 nitrogen and oxygen atoms in total. The van der Waals surface area contributed by atoms with E-state index in [0.29, 0.717) is 37.5 Å². The van der Waals surface area contributed by atoms with Crippen molar-refractivity contribution in [1.82, 2.24) is 14.8 Å². The SMILES string of the molecule is CC(=O)N(CC(=O)O)[C@@H]1CCCN(C(=O)c2csc(C(C)C)n2)CC1. The minimum atomic E-state index is -1.02. The predicted molar refractivity (Wildman–Crippen MR) is 94.8 cm³/mol. The Labute approximate surface area is 151 Å². The number of carbonyl (C=O) groups is 3. The first-order chi connectivity index (χ1) is 11.8. The molecule has 1 N–H and O–H groups in total. The Balaban J connectivity index is 2.03. The summed E-state index contributed by atoms with van der Waals surface area (Å²) in [6, 6.07) is -0.145. The van der Waals surface area contributed by atoms with Crippen molar-refractivity contribution >= 4 is 29.1 Å². The smallest absolute Gasteiger partial charge is 0.323 e. The summed E-state index contributed by atoms with van der Waals surface area (Å²) in [5.74, 6) is -1.05. The van der Waals surface area contributed by atoms with Crippen molar-refractivity contribution in [2.75, 3.05) is 19.6 Å². The summed E-state index contributed by atoms with van der Waals surface area (Å²) in [6.45, 7) is 6.28. The molecular formula is C17H25N3O4S. The van der Waals surface area contributed by atoms with Crippen LogP contribution in [-0.4, -0.2) is 63.4 Å². The van der Waals surface area contributed by atoms with Gasteiger partial charge in [0.1, 0.15) is 12.2 Å². The number of amides is 2. The van der Waals surface area contributed by atoms with Crippen LogP contribution >= 0.6 is 11.3 Å². The molecule has 1 atom stereocenters. The molecule has 138 valence electrons. The summed E-state index contributed by atoms with van der Waals surface area (Å²) in [7, 11) is 0. The van der Waals surface area contributed by atoms with Crippen LogP contribution in [0.2, 0.25) is 0 Å². The van der Waals surface area contributed by atoms with Gasteiger partial charge in [-0.25, -0.2) is 4.98 Å². The number of rotatable bonds is 5. The Kier molecular flexibility index (Phi) is 6.52. The molecule has 1 aromatic rings. The Hall–Kier alpha value is -1.96. The number of thiazole rings is 1. The summed E-state index contributed by atoms with van der Waals surface area (Å²) in [6.07, 6.45) is 2.02. The largest absolute Gasteiger partial charge is 0.480 e. The van der Waals surface area contributed by atoms with E-state index in [1.165, 1.54) is 23.2 Å². The fourth-order valence-electron chi connectivity index (χ4n) is 3.05. The Bertz CT molecular complexity index is 644. The highest BCUT2D eigenvalue weighted by atomic mass is 32.1. The molecule has 2 amide bonds. The quantitative estimate of drug-likeness (QED) is 0.861. The van der Waals surface area contributed by atoms with Gasteiger partial charge in [-0.3, -0.25) is 14.4 Å². The zero-order valence-corrected chi connectivity index (χ0v) is 15.7. The summed E-state index contributed by atoms with van der Waals surface area (Å²) < 4.78 is 0. The number of carboxylic acid groups (broad SMARTS) is 1. The molecule has 0 aliphatic carbocycles. The number of aromatic nitrogens is 1. The lowest BCUT2D eigenvalue weighted by molar-refractivity contribution is -0.145. The summed E-state index contributed by atoms with van der Waals surface area (Å²) in [5.41, 5.74) is 0.473. The minimum Gasteiger partial charge on any atom is -0.480 e. The third kappa shape index (κ3) is 5.01. The molecule has 1 aliphatic heterocycles. The zero-order valence-electron chi connectivity index (χ0n) is 14.9. The second-order valence-electron chi connectivity index (χ2n) is 6.64. The van der Waals surface area contributed by atoms with E-state index < -0.39 is 5.97 Å². The lowest BCUT2D eigenvalue weighted by Crippen LogP contribution is -2.43. The van der Waals surface area contributed by atoms with Crippen molar-refractivity contribution in [2.24, 2.45) is 0 Å². The predicted octanol–water partition coefficient (Wildman–Crippen LogP) is 2.19. The van der Waals surface area contributed by atoms with Crippen LogP contribution in [-0.2, 0) is 9.59 Å². The van der Waals surface area contributed by atoms with Crippen LogP contribution in [0.25, 0.3) is 0 Å². The number of carbonyl (C=O) groups excluding carboxylic acids is 2. The van der Waals surface area contributed by atoms with E-state index in [2.05, 4.69) is 4.98 Å². The van der Waals surface area contributed by atoms with Gasteiger partial charge in [-0.05, 0) is 19.3 Å². The van der Waals surface area contributed by atoms with Gasteiger partial charge in [0.15, 0.2) is 0 Å². The van der Waals surface area contributed by atoms with E-state index in [0.717, 1.165) is 11.4 Å². The second kappa shape index (κ2) is 8.42. The highest BCUT2D eigenvalue weighted by molar-refractivity contribution is 7.09. The van der Waals surface area contributed by atoms with Crippen LogP contribution in [0.5, 0.6) is 0 Å². The highest BCUT2D eigenvalue weighted by Crippen LogP contribution is 2.22. The summed E-state index contributed by atoms with van der Waals surface area (Å²) in [4.78, 5) is 43.0. The first-order valence-corrected chi connectivity index (χ1v) is 9.41. The zero-order chi connectivity index (χ0) is 18.6. The number of likely N-dealkylation sites (tertiary alicyclic amines) is 1. The first kappa shape index (κ1) is 19.4. The van der Waals surface area contributed by atoms with E-state index in [9.17, 15) is 14.4 Å². The number of nitrogens with zero attached hydrogens (tertiary/aromatic N) is 3. The van der Waals surface area contributed by atoms with E-state index in [1.54, 1.807) is 10.3 Å².